The van der Waals surface area contributed by atoms with Crippen molar-refractivity contribution < 1.29 is 10.2 Å². The van der Waals surface area contributed by atoms with Crippen LogP contribution in [0.1, 0.15) is 18.2 Å². The van der Waals surface area contributed by atoms with E-state index in [0.717, 1.165) is 22.1 Å². The number of phenolic OH excluding ortho intramolecular Hbond substituents is 2. The summed E-state index contributed by atoms with van der Waals surface area (Å²) in [7, 11) is 0. The molecular formula is C18H17N5O2S. The van der Waals surface area contributed by atoms with Crippen molar-refractivity contribution in [1.82, 2.24) is 4.98 Å². The third-order valence-corrected chi connectivity index (χ3v) is 4.32. The molecule has 8 heteroatoms. The lowest BCUT2D eigenvalue weighted by Gasteiger charge is -2.02. The van der Waals surface area contributed by atoms with Gasteiger partial charge in [0, 0.05) is 11.4 Å². The van der Waals surface area contributed by atoms with Gasteiger partial charge in [-0.25, -0.2) is 4.98 Å². The van der Waals surface area contributed by atoms with Crippen LogP contribution < -0.4 is 5.43 Å². The maximum atomic E-state index is 9.70. The van der Waals surface area contributed by atoms with Crippen molar-refractivity contribution >= 4 is 33.6 Å². The Kier molecular flexibility index (Phi) is 5.23. The first-order valence-corrected chi connectivity index (χ1v) is 8.66. The first-order valence-electron chi connectivity index (χ1n) is 7.78. The van der Waals surface area contributed by atoms with E-state index in [1.165, 1.54) is 29.5 Å². The summed E-state index contributed by atoms with van der Waals surface area (Å²) >= 11 is 1.50. The molecule has 26 heavy (non-hydrogen) atoms. The molecule has 3 rings (SSSR count). The number of aryl methyl sites for hydroxylation is 1. The molecule has 0 fully saturated rings. The van der Waals surface area contributed by atoms with Crippen molar-refractivity contribution in [2.45, 2.75) is 13.8 Å². The number of azo groups is 1. The van der Waals surface area contributed by atoms with Gasteiger partial charge in [0.15, 0.2) is 0 Å². The molecule has 0 radical (unpaired) electrons. The number of hydrogen-bond donors (Lipinski definition) is 3. The number of hydrogen-bond acceptors (Lipinski definition) is 8. The van der Waals surface area contributed by atoms with E-state index in [9.17, 15) is 10.2 Å². The molecule has 0 atom stereocenters. The zero-order valence-electron chi connectivity index (χ0n) is 14.2. The Hall–Kier alpha value is -3.26. The lowest BCUT2D eigenvalue weighted by molar-refractivity contribution is 0.451. The monoisotopic (exact) mass is 367 g/mol. The van der Waals surface area contributed by atoms with Gasteiger partial charge in [0.25, 0.3) is 0 Å². The third kappa shape index (κ3) is 4.42. The molecule has 0 aliphatic carbocycles. The Morgan fingerprint density at radius 2 is 1.85 bits per heavy atom. The van der Waals surface area contributed by atoms with Gasteiger partial charge in [-0.15, -0.1) is 16.5 Å². The Morgan fingerprint density at radius 1 is 1.08 bits per heavy atom. The van der Waals surface area contributed by atoms with E-state index < -0.39 is 0 Å². The number of rotatable bonds is 5. The van der Waals surface area contributed by atoms with Crippen LogP contribution in [0.3, 0.4) is 0 Å². The fourth-order valence-electron chi connectivity index (χ4n) is 2.08. The highest BCUT2D eigenvalue weighted by atomic mass is 32.1. The summed E-state index contributed by atoms with van der Waals surface area (Å²) in [5.74, 6) is -0.154. The van der Waals surface area contributed by atoms with E-state index in [2.05, 4.69) is 25.7 Å². The topological polar surface area (TPSA) is 102 Å². The summed E-state index contributed by atoms with van der Waals surface area (Å²) in [5.41, 5.74) is 6.58. The molecule has 0 spiro atoms. The fourth-order valence-corrected chi connectivity index (χ4v) is 2.71. The van der Waals surface area contributed by atoms with Crippen LogP contribution in [0.15, 0.2) is 63.2 Å². The van der Waals surface area contributed by atoms with Gasteiger partial charge in [0.1, 0.15) is 17.2 Å². The molecule has 1 heterocycles. The summed E-state index contributed by atoms with van der Waals surface area (Å²) in [6.45, 7) is 3.84. The fraction of sp³-hybridized carbons (Fsp3) is 0.111. The van der Waals surface area contributed by atoms with Gasteiger partial charge >= 0.3 is 0 Å². The number of anilines is 1. The van der Waals surface area contributed by atoms with Gasteiger partial charge in [-0.05, 0) is 43.7 Å². The number of aromatic hydroxyl groups is 2. The molecule has 2 aromatic carbocycles. The predicted octanol–water partition coefficient (Wildman–Crippen LogP) is 5.11. The number of thiazole rings is 1. The maximum Gasteiger partial charge on any atom is 0.203 e. The molecule has 7 nitrogen and oxygen atoms in total. The predicted molar refractivity (Wildman–Crippen MR) is 103 cm³/mol. The summed E-state index contributed by atoms with van der Waals surface area (Å²) in [6, 6.07) is 11.5. The highest BCUT2D eigenvalue weighted by Crippen LogP contribution is 2.31. The Bertz CT molecular complexity index is 964. The smallest absolute Gasteiger partial charge is 0.203 e. The largest absolute Gasteiger partial charge is 0.508 e. The maximum absolute atomic E-state index is 9.70. The standard InChI is InChI=1S/C18H17N5O2S/c1-11-10-26-18(19-11)23-20-12(2)13-3-5-14(6-4-13)21-22-16-8-7-15(24)9-17(16)25/h3-10,24-25H,1-2H3,(H,19,23). The molecule has 1 aromatic heterocycles. The summed E-state index contributed by atoms with van der Waals surface area (Å²) in [6.07, 6.45) is 0. The number of hydrazone groups is 1. The first-order chi connectivity index (χ1) is 12.5. The van der Waals surface area contributed by atoms with Crippen LogP contribution >= 0.6 is 11.3 Å². The van der Waals surface area contributed by atoms with Crippen LogP contribution in [-0.2, 0) is 0 Å². The highest BCUT2D eigenvalue weighted by molar-refractivity contribution is 7.13. The van der Waals surface area contributed by atoms with Gasteiger partial charge in [0.05, 0.1) is 17.1 Å². The van der Waals surface area contributed by atoms with E-state index in [1.54, 1.807) is 0 Å². The van der Waals surface area contributed by atoms with Crippen LogP contribution in [0, 0.1) is 6.92 Å². The number of benzene rings is 2. The summed E-state index contributed by atoms with van der Waals surface area (Å²) < 4.78 is 0. The molecule has 0 unspecified atom stereocenters. The van der Waals surface area contributed by atoms with Gasteiger partial charge in [0.2, 0.25) is 5.13 Å². The van der Waals surface area contributed by atoms with E-state index in [1.807, 2.05) is 43.5 Å². The van der Waals surface area contributed by atoms with Gasteiger partial charge in [-0.1, -0.05) is 12.1 Å². The molecule has 0 amide bonds. The van der Waals surface area contributed by atoms with Crippen molar-refractivity contribution in [2.75, 3.05) is 5.43 Å². The van der Waals surface area contributed by atoms with Gasteiger partial charge in [-0.3, -0.25) is 5.43 Å². The number of nitrogens with zero attached hydrogens (tertiary/aromatic N) is 4. The lowest BCUT2D eigenvalue weighted by atomic mass is 10.1. The van der Waals surface area contributed by atoms with Crippen molar-refractivity contribution in [3.63, 3.8) is 0 Å². The molecule has 0 aliphatic rings. The Labute approximate surface area is 154 Å². The molecule has 0 aliphatic heterocycles. The van der Waals surface area contributed by atoms with Gasteiger partial charge < -0.3 is 10.2 Å². The normalized spacial score (nSPS) is 11.8. The Morgan fingerprint density at radius 3 is 2.50 bits per heavy atom. The second-order valence-electron chi connectivity index (χ2n) is 5.52. The zero-order valence-corrected chi connectivity index (χ0v) is 15.0. The summed E-state index contributed by atoms with van der Waals surface area (Å²) in [4.78, 5) is 4.29. The zero-order chi connectivity index (χ0) is 18.5. The Balaban J connectivity index is 1.68. The van der Waals surface area contributed by atoms with Crippen LogP contribution in [0.2, 0.25) is 0 Å². The summed E-state index contributed by atoms with van der Waals surface area (Å²) in [5, 5.41) is 34.1. The van der Waals surface area contributed by atoms with E-state index in [-0.39, 0.29) is 17.2 Å². The SMILES string of the molecule is CC(=NNc1nc(C)cs1)c1ccc(N=Nc2ccc(O)cc2O)cc1. The van der Waals surface area contributed by atoms with Gasteiger partial charge in [-0.2, -0.15) is 10.2 Å². The minimum atomic E-state index is -0.128. The van der Waals surface area contributed by atoms with Crippen LogP contribution in [0.25, 0.3) is 0 Å². The molecule has 0 saturated heterocycles. The molecule has 3 aromatic rings. The quantitative estimate of drug-likeness (QED) is 0.331. The second-order valence-corrected chi connectivity index (χ2v) is 6.38. The molecule has 132 valence electrons. The highest BCUT2D eigenvalue weighted by Gasteiger charge is 2.02. The number of aromatic nitrogens is 1. The minimum Gasteiger partial charge on any atom is -0.508 e. The number of nitrogens with one attached hydrogen (secondary N) is 1. The molecule has 0 bridgehead atoms. The third-order valence-electron chi connectivity index (χ3n) is 3.46. The van der Waals surface area contributed by atoms with E-state index in [4.69, 9.17) is 0 Å². The first kappa shape index (κ1) is 17.6. The van der Waals surface area contributed by atoms with Crippen LogP contribution in [0.5, 0.6) is 11.5 Å². The van der Waals surface area contributed by atoms with Crippen molar-refractivity contribution in [3.05, 3.63) is 59.1 Å². The van der Waals surface area contributed by atoms with Crippen molar-refractivity contribution in [3.8, 4) is 11.5 Å². The molecule has 0 saturated carbocycles. The average Bonchev–Trinajstić information content (AvgIpc) is 3.05. The van der Waals surface area contributed by atoms with E-state index in [0.29, 0.717) is 5.69 Å². The number of phenols is 2. The average molecular weight is 367 g/mol. The van der Waals surface area contributed by atoms with Crippen LogP contribution in [-0.4, -0.2) is 20.9 Å². The second kappa shape index (κ2) is 7.75. The lowest BCUT2D eigenvalue weighted by Crippen LogP contribution is -1.99. The molecular weight excluding hydrogens is 350 g/mol. The van der Waals surface area contributed by atoms with Crippen LogP contribution in [0.4, 0.5) is 16.5 Å². The van der Waals surface area contributed by atoms with E-state index >= 15 is 0 Å². The minimum absolute atomic E-state index is 0.0258. The van der Waals surface area contributed by atoms with Crippen molar-refractivity contribution in [2.24, 2.45) is 15.3 Å². The molecule has 3 N–H and O–H groups in total. The van der Waals surface area contributed by atoms with Crippen molar-refractivity contribution in [1.29, 1.82) is 0 Å².